The van der Waals surface area contributed by atoms with Gasteiger partial charge in [-0.3, -0.25) is 10.1 Å². The average molecular weight is 210 g/mol. The van der Waals surface area contributed by atoms with Crippen LogP contribution in [0.2, 0.25) is 0 Å². The highest BCUT2D eigenvalue weighted by molar-refractivity contribution is 5.88. The third kappa shape index (κ3) is 1.57. The molecule has 1 unspecified atom stereocenters. The van der Waals surface area contributed by atoms with Crippen molar-refractivity contribution in [2.75, 3.05) is 6.67 Å². The van der Waals surface area contributed by atoms with Crippen molar-refractivity contribution in [2.24, 2.45) is 5.92 Å². The molecule has 1 saturated heterocycles. The Labute approximate surface area is 92.2 Å². The zero-order valence-corrected chi connectivity index (χ0v) is 10.3. The summed E-state index contributed by atoms with van der Waals surface area (Å²) < 4.78 is 0. The molecule has 1 aliphatic carbocycles. The Bertz CT molecular complexity index is 283. The van der Waals surface area contributed by atoms with E-state index < -0.39 is 0 Å². The smallest absolute Gasteiger partial charge is 0.244 e. The molecule has 1 N–H and O–H groups in total. The molecule has 1 saturated carbocycles. The highest BCUT2D eigenvalue weighted by Crippen LogP contribution is 2.44. The number of rotatable bonds is 3. The van der Waals surface area contributed by atoms with Crippen LogP contribution in [0, 0.1) is 5.92 Å². The highest BCUT2D eigenvalue weighted by Gasteiger charge is 2.51. The minimum Gasteiger partial charge on any atom is -0.323 e. The van der Waals surface area contributed by atoms with Gasteiger partial charge in [0.1, 0.15) is 0 Å². The minimum absolute atomic E-state index is 0.0387. The maximum Gasteiger partial charge on any atom is 0.244 e. The molecule has 0 spiro atoms. The van der Waals surface area contributed by atoms with E-state index in [0.717, 1.165) is 6.42 Å². The Morgan fingerprint density at radius 2 is 2.13 bits per heavy atom. The van der Waals surface area contributed by atoms with Crippen LogP contribution < -0.4 is 5.32 Å². The van der Waals surface area contributed by atoms with Crippen LogP contribution in [0.4, 0.5) is 0 Å². The Balaban J connectivity index is 2.16. The zero-order valence-electron chi connectivity index (χ0n) is 10.3. The van der Waals surface area contributed by atoms with Gasteiger partial charge in [0.2, 0.25) is 5.91 Å². The van der Waals surface area contributed by atoms with Gasteiger partial charge >= 0.3 is 0 Å². The Kier molecular flexibility index (Phi) is 2.34. The molecule has 3 heteroatoms. The van der Waals surface area contributed by atoms with E-state index in [4.69, 9.17) is 0 Å². The Hall–Kier alpha value is -0.570. The highest BCUT2D eigenvalue weighted by atomic mass is 16.2. The van der Waals surface area contributed by atoms with Crippen LogP contribution in [0.3, 0.4) is 0 Å². The number of nitrogens with zero attached hydrogens (tertiary/aromatic N) is 1. The van der Waals surface area contributed by atoms with Crippen molar-refractivity contribution in [1.82, 2.24) is 10.2 Å². The van der Waals surface area contributed by atoms with E-state index >= 15 is 0 Å². The van der Waals surface area contributed by atoms with Gasteiger partial charge in [0, 0.05) is 5.54 Å². The summed E-state index contributed by atoms with van der Waals surface area (Å²) in [5.41, 5.74) is -0.289. The first-order valence-electron chi connectivity index (χ1n) is 5.99. The van der Waals surface area contributed by atoms with Crippen molar-refractivity contribution >= 4 is 5.91 Å². The molecule has 0 aromatic rings. The predicted octanol–water partition coefficient (Wildman–Crippen LogP) is 1.73. The van der Waals surface area contributed by atoms with Gasteiger partial charge in [0.05, 0.1) is 12.2 Å². The molecule has 1 amide bonds. The average Bonchev–Trinajstić information content (AvgIpc) is 2.97. The molecular formula is C12H22N2O. The topological polar surface area (TPSA) is 32.3 Å². The molecular weight excluding hydrogens is 188 g/mol. The molecule has 1 atom stereocenters. The van der Waals surface area contributed by atoms with Crippen LogP contribution >= 0.6 is 0 Å². The largest absolute Gasteiger partial charge is 0.323 e. The summed E-state index contributed by atoms with van der Waals surface area (Å²) in [6.07, 6.45) is 3.42. The number of carbonyl (C=O) groups excluding carboxylic acids is 1. The van der Waals surface area contributed by atoms with Gasteiger partial charge in [0.25, 0.3) is 0 Å². The summed E-state index contributed by atoms with van der Waals surface area (Å²) in [5, 5.41) is 3.35. The van der Waals surface area contributed by atoms with Gasteiger partial charge in [0.15, 0.2) is 0 Å². The van der Waals surface area contributed by atoms with E-state index in [9.17, 15) is 4.79 Å². The molecule has 1 heterocycles. The summed E-state index contributed by atoms with van der Waals surface area (Å²) in [4.78, 5) is 14.3. The normalized spacial score (nSPS) is 32.5. The fourth-order valence-electron chi connectivity index (χ4n) is 2.45. The van der Waals surface area contributed by atoms with Crippen LogP contribution in [0.15, 0.2) is 0 Å². The van der Waals surface area contributed by atoms with E-state index in [1.165, 1.54) is 12.8 Å². The van der Waals surface area contributed by atoms with Gasteiger partial charge in [-0.2, -0.15) is 0 Å². The second-order valence-electron chi connectivity index (χ2n) is 5.68. The van der Waals surface area contributed by atoms with Crippen molar-refractivity contribution in [3.05, 3.63) is 0 Å². The van der Waals surface area contributed by atoms with Gasteiger partial charge in [-0.05, 0) is 46.0 Å². The fraction of sp³-hybridized carbons (Fsp3) is 0.917. The summed E-state index contributed by atoms with van der Waals surface area (Å²) in [6, 6.07) is 0. The Morgan fingerprint density at radius 3 is 2.53 bits per heavy atom. The van der Waals surface area contributed by atoms with E-state index in [1.54, 1.807) is 0 Å². The number of hydrogen-bond donors (Lipinski definition) is 1. The van der Waals surface area contributed by atoms with Gasteiger partial charge < -0.3 is 4.90 Å². The maximum absolute atomic E-state index is 12.3. The fourth-order valence-corrected chi connectivity index (χ4v) is 2.45. The first kappa shape index (κ1) is 10.9. The van der Waals surface area contributed by atoms with Crippen molar-refractivity contribution in [3.63, 3.8) is 0 Å². The Morgan fingerprint density at radius 1 is 1.53 bits per heavy atom. The minimum atomic E-state index is -0.327. The summed E-state index contributed by atoms with van der Waals surface area (Å²) in [6.45, 7) is 9.20. The van der Waals surface area contributed by atoms with Crippen molar-refractivity contribution in [2.45, 2.75) is 58.0 Å². The summed E-state index contributed by atoms with van der Waals surface area (Å²) in [5.74, 6) is 0.990. The molecule has 15 heavy (non-hydrogen) atoms. The van der Waals surface area contributed by atoms with Crippen LogP contribution in [0.5, 0.6) is 0 Å². The molecule has 2 rings (SSSR count). The molecule has 0 aromatic carbocycles. The van der Waals surface area contributed by atoms with Crippen molar-refractivity contribution in [3.8, 4) is 0 Å². The monoisotopic (exact) mass is 210 g/mol. The number of carbonyl (C=O) groups is 1. The summed E-state index contributed by atoms with van der Waals surface area (Å²) >= 11 is 0. The van der Waals surface area contributed by atoms with Crippen LogP contribution in [0.25, 0.3) is 0 Å². The van der Waals surface area contributed by atoms with Crippen LogP contribution in [-0.4, -0.2) is 28.6 Å². The number of hydrogen-bond acceptors (Lipinski definition) is 2. The predicted molar refractivity (Wildman–Crippen MR) is 60.3 cm³/mol. The van der Waals surface area contributed by atoms with E-state index in [-0.39, 0.29) is 17.0 Å². The third-order valence-electron chi connectivity index (χ3n) is 4.32. The van der Waals surface area contributed by atoms with Crippen molar-refractivity contribution < 1.29 is 4.79 Å². The standard InChI is InChI=1S/C12H22N2O/c1-5-12(4)10(15)14(8-13-12)11(2,3)9-6-7-9/h9,13H,5-8H2,1-4H3. The molecule has 86 valence electrons. The quantitative estimate of drug-likeness (QED) is 0.769. The number of nitrogens with one attached hydrogen (secondary N) is 1. The van der Waals surface area contributed by atoms with Gasteiger partial charge in [-0.25, -0.2) is 0 Å². The van der Waals surface area contributed by atoms with Gasteiger partial charge in [-0.15, -0.1) is 0 Å². The maximum atomic E-state index is 12.3. The molecule has 0 aromatic heterocycles. The lowest BCUT2D eigenvalue weighted by Crippen LogP contribution is -2.50. The zero-order chi connectivity index (χ0) is 11.3. The molecule has 0 radical (unpaired) electrons. The molecule has 2 fully saturated rings. The molecule has 1 aliphatic heterocycles. The van der Waals surface area contributed by atoms with Crippen LogP contribution in [-0.2, 0) is 4.79 Å². The molecule has 2 aliphatic rings. The van der Waals surface area contributed by atoms with Crippen molar-refractivity contribution in [1.29, 1.82) is 0 Å². The van der Waals surface area contributed by atoms with E-state index in [1.807, 2.05) is 11.8 Å². The van der Waals surface area contributed by atoms with E-state index in [2.05, 4.69) is 26.1 Å². The SMILES string of the molecule is CCC1(C)NCN(C(C)(C)C2CC2)C1=O. The lowest BCUT2D eigenvalue weighted by Gasteiger charge is -2.36. The summed E-state index contributed by atoms with van der Waals surface area (Å²) in [7, 11) is 0. The third-order valence-corrected chi connectivity index (χ3v) is 4.32. The van der Waals surface area contributed by atoms with Crippen LogP contribution in [0.1, 0.15) is 47.0 Å². The lowest BCUT2D eigenvalue weighted by molar-refractivity contribution is -0.137. The second kappa shape index (κ2) is 3.21. The first-order chi connectivity index (χ1) is 6.92. The first-order valence-corrected chi connectivity index (χ1v) is 5.99. The second-order valence-corrected chi connectivity index (χ2v) is 5.68. The molecule has 0 bridgehead atoms. The van der Waals surface area contributed by atoms with E-state index in [0.29, 0.717) is 12.6 Å². The van der Waals surface area contributed by atoms with Gasteiger partial charge in [-0.1, -0.05) is 6.92 Å². The molecule has 3 nitrogen and oxygen atoms in total. The lowest BCUT2D eigenvalue weighted by atomic mass is 9.93. The number of amides is 1.